The van der Waals surface area contributed by atoms with Crippen molar-refractivity contribution in [2.75, 3.05) is 25.2 Å². The van der Waals surface area contributed by atoms with Gasteiger partial charge in [-0.1, -0.05) is 35.9 Å². The Bertz CT molecular complexity index is 1290. The molecule has 1 fully saturated rings. The molecule has 1 amide bonds. The Hall–Kier alpha value is -3.51. The summed E-state index contributed by atoms with van der Waals surface area (Å²) in [6, 6.07) is 23.0. The van der Waals surface area contributed by atoms with Gasteiger partial charge in [0.15, 0.2) is 0 Å². The van der Waals surface area contributed by atoms with Gasteiger partial charge < -0.3 is 18.9 Å². The van der Waals surface area contributed by atoms with Crippen molar-refractivity contribution in [3.8, 4) is 11.5 Å². The summed E-state index contributed by atoms with van der Waals surface area (Å²) in [4.78, 5) is 19.7. The van der Waals surface area contributed by atoms with Crippen LogP contribution in [0.5, 0.6) is 11.5 Å². The van der Waals surface area contributed by atoms with Crippen LogP contribution in [-0.2, 0) is 11.3 Å². The van der Waals surface area contributed by atoms with E-state index in [9.17, 15) is 4.79 Å². The molecule has 7 heteroatoms. The second-order valence-electron chi connectivity index (χ2n) is 7.99. The third kappa shape index (κ3) is 4.26. The molecular weight excluding hydrogens is 438 g/mol. The summed E-state index contributed by atoms with van der Waals surface area (Å²) in [6.07, 6.45) is 0.402. The number of hydrogen-bond donors (Lipinski definition) is 0. The van der Waals surface area contributed by atoms with Gasteiger partial charge in [0.2, 0.25) is 5.91 Å². The van der Waals surface area contributed by atoms with Gasteiger partial charge in [-0.25, -0.2) is 4.98 Å². The molecule has 3 aromatic carbocycles. The maximum atomic E-state index is 13.0. The summed E-state index contributed by atoms with van der Waals surface area (Å²) in [5, 5.41) is 0.677. The van der Waals surface area contributed by atoms with Crippen LogP contribution in [0, 0.1) is 0 Å². The van der Waals surface area contributed by atoms with E-state index < -0.39 is 0 Å². The maximum absolute atomic E-state index is 13.0. The lowest BCUT2D eigenvalue weighted by Gasteiger charge is -2.20. The first-order valence-corrected chi connectivity index (χ1v) is 11.3. The van der Waals surface area contributed by atoms with E-state index in [1.807, 2.05) is 66.7 Å². The number of benzene rings is 3. The Morgan fingerprint density at radius 1 is 1.03 bits per heavy atom. The van der Waals surface area contributed by atoms with Gasteiger partial charge in [0.1, 0.15) is 23.9 Å². The van der Waals surface area contributed by atoms with Gasteiger partial charge in [0.25, 0.3) is 0 Å². The van der Waals surface area contributed by atoms with Crippen LogP contribution < -0.4 is 14.4 Å². The normalized spacial score (nSPS) is 15.9. The fourth-order valence-corrected chi connectivity index (χ4v) is 4.52. The molecule has 0 N–H and O–H groups in total. The molecule has 1 aromatic heterocycles. The first-order chi connectivity index (χ1) is 16.1. The van der Waals surface area contributed by atoms with Crippen molar-refractivity contribution >= 4 is 34.2 Å². The van der Waals surface area contributed by atoms with Crippen LogP contribution in [0.2, 0.25) is 5.02 Å². The monoisotopic (exact) mass is 461 g/mol. The van der Waals surface area contributed by atoms with Crippen LogP contribution in [0.1, 0.15) is 18.2 Å². The number of hydrogen-bond acceptors (Lipinski definition) is 4. The van der Waals surface area contributed by atoms with E-state index in [2.05, 4.69) is 10.6 Å². The third-order valence-corrected chi connectivity index (χ3v) is 6.20. The number of fused-ring (bicyclic) bond motifs is 1. The molecule has 168 valence electrons. The highest BCUT2D eigenvalue weighted by Gasteiger charge is 2.35. The molecule has 0 radical (unpaired) electrons. The second-order valence-corrected chi connectivity index (χ2v) is 8.43. The Kier molecular flexibility index (Phi) is 5.92. The van der Waals surface area contributed by atoms with Crippen molar-refractivity contribution in [2.24, 2.45) is 0 Å². The molecule has 0 spiro atoms. The van der Waals surface area contributed by atoms with Crippen molar-refractivity contribution in [2.45, 2.75) is 18.9 Å². The van der Waals surface area contributed by atoms with E-state index in [1.54, 1.807) is 12.0 Å². The number of carbonyl (C=O) groups is 1. The van der Waals surface area contributed by atoms with Crippen molar-refractivity contribution in [3.05, 3.63) is 83.6 Å². The van der Waals surface area contributed by atoms with E-state index in [-0.39, 0.29) is 11.8 Å². The van der Waals surface area contributed by atoms with Crippen LogP contribution in [0.3, 0.4) is 0 Å². The summed E-state index contributed by atoms with van der Waals surface area (Å²) in [6.45, 7) is 1.66. The zero-order chi connectivity index (χ0) is 22.8. The number of para-hydroxylation sites is 4. The number of methoxy groups -OCH3 is 1. The van der Waals surface area contributed by atoms with Crippen LogP contribution in [0.15, 0.2) is 72.8 Å². The van der Waals surface area contributed by atoms with Gasteiger partial charge in [-0.05, 0) is 48.5 Å². The van der Waals surface area contributed by atoms with Gasteiger partial charge in [-0.3, -0.25) is 4.79 Å². The fraction of sp³-hybridized carbons (Fsp3) is 0.231. The minimum Gasteiger partial charge on any atom is -0.495 e. The molecule has 0 saturated carbocycles. The number of carbonyl (C=O) groups excluding carboxylic acids is 1. The molecule has 1 saturated heterocycles. The first kappa shape index (κ1) is 21.3. The third-order valence-electron chi connectivity index (χ3n) is 5.95. The predicted octanol–water partition coefficient (Wildman–Crippen LogP) is 5.30. The fourth-order valence-electron chi connectivity index (χ4n) is 4.39. The zero-order valence-electron chi connectivity index (χ0n) is 18.3. The van der Waals surface area contributed by atoms with Crippen LogP contribution >= 0.6 is 11.6 Å². The largest absolute Gasteiger partial charge is 0.495 e. The second kappa shape index (κ2) is 9.16. The molecule has 5 rings (SSSR count). The lowest BCUT2D eigenvalue weighted by atomic mass is 10.1. The standard InChI is InChI=1S/C26H24ClN3O3/c1-32-24-9-5-4-8-23(24)30-17-18(16-25(30)31)26-28-21-6-2-3-7-22(21)29(26)14-15-33-20-12-10-19(27)11-13-20/h2-13,18H,14-17H2,1H3/t18-/m1/s1. The molecule has 6 nitrogen and oxygen atoms in total. The maximum Gasteiger partial charge on any atom is 0.227 e. The van der Waals surface area contributed by atoms with Gasteiger partial charge >= 0.3 is 0 Å². The average molecular weight is 462 g/mol. The smallest absolute Gasteiger partial charge is 0.227 e. The molecule has 1 atom stereocenters. The van der Waals surface area contributed by atoms with Crippen molar-refractivity contribution < 1.29 is 14.3 Å². The van der Waals surface area contributed by atoms with Crippen molar-refractivity contribution in [3.63, 3.8) is 0 Å². The molecule has 0 bridgehead atoms. The number of rotatable bonds is 7. The first-order valence-electron chi connectivity index (χ1n) is 10.9. The molecule has 33 heavy (non-hydrogen) atoms. The van der Waals surface area contributed by atoms with Gasteiger partial charge in [-0.15, -0.1) is 0 Å². The van der Waals surface area contributed by atoms with E-state index in [1.165, 1.54) is 0 Å². The Labute approximate surface area is 197 Å². The minimum atomic E-state index is -0.0228. The zero-order valence-corrected chi connectivity index (χ0v) is 19.0. The van der Waals surface area contributed by atoms with Gasteiger partial charge in [-0.2, -0.15) is 0 Å². The molecule has 0 unspecified atom stereocenters. The van der Waals surface area contributed by atoms with Crippen LogP contribution in [0.4, 0.5) is 5.69 Å². The Balaban J connectivity index is 1.41. The summed E-state index contributed by atoms with van der Waals surface area (Å²) in [5.41, 5.74) is 2.75. The average Bonchev–Trinajstić information content (AvgIpc) is 3.41. The molecule has 0 aliphatic carbocycles. The van der Waals surface area contributed by atoms with Crippen LogP contribution in [-0.4, -0.2) is 35.7 Å². The minimum absolute atomic E-state index is 0.0228. The summed E-state index contributed by atoms with van der Waals surface area (Å²) < 4.78 is 13.6. The summed E-state index contributed by atoms with van der Waals surface area (Å²) >= 11 is 5.97. The van der Waals surface area contributed by atoms with E-state index >= 15 is 0 Å². The number of halogens is 1. The van der Waals surface area contributed by atoms with Gasteiger partial charge in [0, 0.05) is 23.9 Å². The molecule has 1 aliphatic rings. The van der Waals surface area contributed by atoms with Crippen molar-refractivity contribution in [1.29, 1.82) is 0 Å². The number of anilines is 1. The van der Waals surface area contributed by atoms with Gasteiger partial charge in [0.05, 0.1) is 30.4 Å². The molecule has 4 aromatic rings. The number of amides is 1. The number of ether oxygens (including phenoxy) is 2. The SMILES string of the molecule is COc1ccccc1N1C[C@H](c2nc3ccccc3n2CCOc2ccc(Cl)cc2)CC1=O. The highest BCUT2D eigenvalue weighted by Crippen LogP contribution is 2.37. The topological polar surface area (TPSA) is 56.6 Å². The molecular formula is C26H24ClN3O3. The lowest BCUT2D eigenvalue weighted by Crippen LogP contribution is -2.25. The Morgan fingerprint density at radius 2 is 1.79 bits per heavy atom. The summed E-state index contributed by atoms with van der Waals surface area (Å²) in [7, 11) is 1.62. The van der Waals surface area contributed by atoms with E-state index in [0.717, 1.165) is 28.3 Å². The quantitative estimate of drug-likeness (QED) is 0.375. The molecule has 1 aliphatic heterocycles. The van der Waals surface area contributed by atoms with E-state index in [0.29, 0.717) is 36.9 Å². The molecule has 2 heterocycles. The summed E-state index contributed by atoms with van der Waals surface area (Å²) in [5.74, 6) is 2.41. The predicted molar refractivity (Wildman–Crippen MR) is 129 cm³/mol. The lowest BCUT2D eigenvalue weighted by molar-refractivity contribution is -0.117. The highest BCUT2D eigenvalue weighted by atomic mass is 35.5. The highest BCUT2D eigenvalue weighted by molar-refractivity contribution is 6.30. The van der Waals surface area contributed by atoms with Crippen molar-refractivity contribution in [1.82, 2.24) is 9.55 Å². The van der Waals surface area contributed by atoms with Crippen LogP contribution in [0.25, 0.3) is 11.0 Å². The number of imidazole rings is 1. The Morgan fingerprint density at radius 3 is 2.61 bits per heavy atom. The van der Waals surface area contributed by atoms with E-state index in [4.69, 9.17) is 26.1 Å². The number of nitrogens with zero attached hydrogens (tertiary/aromatic N) is 3. The number of aromatic nitrogens is 2.